The molecule has 0 aliphatic heterocycles. The number of nitrogens with one attached hydrogen (secondary N) is 2. The average molecular weight is 479 g/mol. The third-order valence-corrected chi connectivity index (χ3v) is 4.97. The summed E-state index contributed by atoms with van der Waals surface area (Å²) in [6.07, 6.45) is -1.31. The van der Waals surface area contributed by atoms with Crippen LogP contribution >= 0.6 is 0 Å². The van der Waals surface area contributed by atoms with E-state index in [0.717, 1.165) is 0 Å². The molecule has 2 unspecified atom stereocenters. The van der Waals surface area contributed by atoms with Crippen LogP contribution in [0.25, 0.3) is 0 Å². The van der Waals surface area contributed by atoms with E-state index in [1.54, 1.807) is 24.3 Å². The molecule has 2 aromatic carbocycles. The molecule has 0 fully saturated rings. The van der Waals surface area contributed by atoms with Gasteiger partial charge in [0, 0.05) is 35.3 Å². The van der Waals surface area contributed by atoms with Crippen molar-refractivity contribution in [3.05, 3.63) is 58.7 Å². The summed E-state index contributed by atoms with van der Waals surface area (Å²) in [6.45, 7) is 12.5. The summed E-state index contributed by atoms with van der Waals surface area (Å²) in [6, 6.07) is 9.52. The van der Waals surface area contributed by atoms with Crippen molar-refractivity contribution >= 4 is 0 Å². The molecule has 0 saturated heterocycles. The largest absolute Gasteiger partial charge is 0.508 e. The summed E-state index contributed by atoms with van der Waals surface area (Å²) in [5.41, 5.74) is 2.11. The van der Waals surface area contributed by atoms with E-state index < -0.39 is 12.2 Å². The van der Waals surface area contributed by atoms with Crippen LogP contribution in [-0.4, -0.2) is 54.8 Å². The van der Waals surface area contributed by atoms with Gasteiger partial charge in [-0.2, -0.15) is 0 Å². The molecule has 0 saturated carbocycles. The number of aliphatic hydroxyl groups is 4. The molecule has 0 aliphatic rings. The fourth-order valence-corrected chi connectivity index (χ4v) is 2.92. The van der Waals surface area contributed by atoms with E-state index in [4.69, 9.17) is 10.2 Å². The Hall–Kier alpha value is -2.20. The van der Waals surface area contributed by atoms with Crippen LogP contribution in [0, 0.1) is 0 Å². The van der Waals surface area contributed by atoms with Crippen LogP contribution in [-0.2, 0) is 13.2 Å². The predicted octanol–water partition coefficient (Wildman–Crippen LogP) is 2.61. The van der Waals surface area contributed by atoms with Gasteiger partial charge < -0.3 is 41.3 Å². The van der Waals surface area contributed by atoms with E-state index in [1.165, 1.54) is 12.1 Å². The Morgan fingerprint density at radius 2 is 0.971 bits per heavy atom. The van der Waals surface area contributed by atoms with Gasteiger partial charge in [-0.3, -0.25) is 0 Å². The molecule has 8 N–H and O–H groups in total. The molecule has 8 heteroatoms. The van der Waals surface area contributed by atoms with Crippen molar-refractivity contribution < 1.29 is 30.6 Å². The topological polar surface area (TPSA) is 145 Å². The van der Waals surface area contributed by atoms with Gasteiger partial charge in [0.05, 0.1) is 25.4 Å². The second-order valence-electron chi connectivity index (χ2n) is 10.4. The Balaban J connectivity index is 0.000000340. The molecule has 2 aromatic rings. The quantitative estimate of drug-likeness (QED) is 0.289. The predicted molar refractivity (Wildman–Crippen MR) is 133 cm³/mol. The molecule has 0 radical (unpaired) electrons. The highest BCUT2D eigenvalue weighted by Gasteiger charge is 2.15. The highest BCUT2D eigenvalue weighted by Crippen LogP contribution is 2.23. The second-order valence-corrected chi connectivity index (χ2v) is 10.4. The van der Waals surface area contributed by atoms with E-state index in [2.05, 4.69) is 10.6 Å². The van der Waals surface area contributed by atoms with E-state index >= 15 is 0 Å². The summed E-state index contributed by atoms with van der Waals surface area (Å²) in [5, 5.41) is 63.2. The highest BCUT2D eigenvalue weighted by molar-refractivity contribution is 5.37. The minimum atomic E-state index is -0.653. The van der Waals surface area contributed by atoms with Crippen molar-refractivity contribution in [1.29, 1.82) is 0 Å². The third kappa shape index (κ3) is 10.8. The van der Waals surface area contributed by atoms with Crippen LogP contribution in [0.2, 0.25) is 0 Å². The summed E-state index contributed by atoms with van der Waals surface area (Å²) in [7, 11) is 0. The minimum Gasteiger partial charge on any atom is -0.508 e. The van der Waals surface area contributed by atoms with Crippen molar-refractivity contribution in [1.82, 2.24) is 10.6 Å². The van der Waals surface area contributed by atoms with Crippen LogP contribution in [0.5, 0.6) is 11.5 Å². The fourth-order valence-electron chi connectivity index (χ4n) is 2.92. The van der Waals surface area contributed by atoms with Crippen LogP contribution in [0.15, 0.2) is 36.4 Å². The van der Waals surface area contributed by atoms with E-state index in [0.29, 0.717) is 35.3 Å². The van der Waals surface area contributed by atoms with Gasteiger partial charge in [-0.15, -0.1) is 0 Å². The molecule has 0 heterocycles. The molecular weight excluding hydrogens is 436 g/mol. The Kier molecular flexibility index (Phi) is 11.4. The van der Waals surface area contributed by atoms with Gasteiger partial charge >= 0.3 is 0 Å². The molecule has 2 atom stereocenters. The lowest BCUT2D eigenvalue weighted by Gasteiger charge is -2.23. The Bertz CT molecular complexity index is 816. The maximum absolute atomic E-state index is 9.97. The van der Waals surface area contributed by atoms with Crippen molar-refractivity contribution in [3.63, 3.8) is 0 Å². The zero-order valence-electron chi connectivity index (χ0n) is 21.1. The van der Waals surface area contributed by atoms with E-state index in [1.807, 2.05) is 41.5 Å². The molecule has 2 rings (SSSR count). The van der Waals surface area contributed by atoms with Crippen LogP contribution in [0.3, 0.4) is 0 Å². The number of aromatic hydroxyl groups is 2. The SMILES string of the molecule is CC(C)(C)NCC(O)c1ccc(O)c(CO)c1.CC(C)(C)NCC(O)c1ccc(O)c(CO)c1. The zero-order valence-corrected chi connectivity index (χ0v) is 21.1. The minimum absolute atomic E-state index is 0.0484. The first-order valence-electron chi connectivity index (χ1n) is 11.4. The van der Waals surface area contributed by atoms with Crippen LogP contribution in [0.1, 0.15) is 76.0 Å². The smallest absolute Gasteiger partial charge is 0.121 e. The summed E-state index contributed by atoms with van der Waals surface area (Å²) in [5.74, 6) is 0.0967. The zero-order chi connectivity index (χ0) is 26.1. The Morgan fingerprint density at radius 3 is 1.24 bits per heavy atom. The lowest BCUT2D eigenvalue weighted by molar-refractivity contribution is 0.162. The van der Waals surface area contributed by atoms with Gasteiger partial charge in [-0.05, 0) is 76.9 Å². The van der Waals surface area contributed by atoms with Gasteiger partial charge in [0.15, 0.2) is 0 Å². The maximum atomic E-state index is 9.97. The molecule has 192 valence electrons. The molecule has 8 nitrogen and oxygen atoms in total. The molecule has 0 aliphatic carbocycles. The Morgan fingerprint density at radius 1 is 0.647 bits per heavy atom. The van der Waals surface area contributed by atoms with Crippen LogP contribution < -0.4 is 10.6 Å². The lowest BCUT2D eigenvalue weighted by atomic mass is 10.0. The van der Waals surface area contributed by atoms with Crippen molar-refractivity contribution in [2.75, 3.05) is 13.1 Å². The second kappa shape index (κ2) is 13.0. The number of rotatable bonds is 8. The number of phenols is 2. The normalized spacial score (nSPS) is 13.7. The van der Waals surface area contributed by atoms with Gasteiger partial charge in [0.25, 0.3) is 0 Å². The number of hydrogen-bond acceptors (Lipinski definition) is 8. The van der Waals surface area contributed by atoms with Gasteiger partial charge in [-0.25, -0.2) is 0 Å². The van der Waals surface area contributed by atoms with Crippen LogP contribution in [0.4, 0.5) is 0 Å². The summed E-state index contributed by atoms with van der Waals surface area (Å²) < 4.78 is 0. The first-order chi connectivity index (χ1) is 15.7. The maximum Gasteiger partial charge on any atom is 0.121 e. The first kappa shape index (κ1) is 29.8. The van der Waals surface area contributed by atoms with E-state index in [9.17, 15) is 20.4 Å². The first-order valence-corrected chi connectivity index (χ1v) is 11.4. The van der Waals surface area contributed by atoms with Crippen molar-refractivity contribution in [3.8, 4) is 11.5 Å². The number of β-amino-alcohol motifs (C(OH)–C–C–N with tert-alkyl or cyclic N) is 2. The van der Waals surface area contributed by atoms with Gasteiger partial charge in [0.1, 0.15) is 11.5 Å². The molecule has 0 amide bonds. The average Bonchev–Trinajstić information content (AvgIpc) is 2.76. The standard InChI is InChI=1S/2C13H21NO3/c2*1-13(2,3)14-7-12(17)9-4-5-11(16)10(6-9)8-15/h2*4-6,12,14-17H,7-8H2,1-3H3. The molecular formula is C26H42N2O6. The Labute approximate surface area is 202 Å². The van der Waals surface area contributed by atoms with Crippen molar-refractivity contribution in [2.24, 2.45) is 0 Å². The van der Waals surface area contributed by atoms with Gasteiger partial charge in [-0.1, -0.05) is 12.1 Å². The molecule has 0 bridgehead atoms. The van der Waals surface area contributed by atoms with Gasteiger partial charge in [0.2, 0.25) is 0 Å². The third-order valence-electron chi connectivity index (χ3n) is 4.97. The molecule has 34 heavy (non-hydrogen) atoms. The fraction of sp³-hybridized carbons (Fsp3) is 0.538. The number of aliphatic hydroxyl groups excluding tert-OH is 4. The summed E-state index contributed by atoms with van der Waals surface area (Å²) in [4.78, 5) is 0. The van der Waals surface area contributed by atoms with Crippen molar-refractivity contribution in [2.45, 2.75) is 78.0 Å². The monoisotopic (exact) mass is 478 g/mol. The number of benzene rings is 2. The van der Waals surface area contributed by atoms with E-state index in [-0.39, 0.29) is 35.8 Å². The lowest BCUT2D eigenvalue weighted by Crippen LogP contribution is -2.38. The molecule has 0 aromatic heterocycles. The highest BCUT2D eigenvalue weighted by atomic mass is 16.3. The summed E-state index contributed by atoms with van der Waals surface area (Å²) >= 11 is 0. The number of hydrogen-bond donors (Lipinski definition) is 8. The molecule has 0 spiro atoms.